The van der Waals surface area contributed by atoms with Crippen LogP contribution in [0.2, 0.25) is 0 Å². The average molecular weight is 1400 g/mol. The van der Waals surface area contributed by atoms with Gasteiger partial charge in [0.05, 0.1) is 26.4 Å². The summed E-state index contributed by atoms with van der Waals surface area (Å²) in [6, 6.07) is 0. The van der Waals surface area contributed by atoms with Crippen LogP contribution in [-0.4, -0.2) is 96.7 Å². The van der Waals surface area contributed by atoms with E-state index < -0.39 is 97.5 Å². The summed E-state index contributed by atoms with van der Waals surface area (Å²) in [6.07, 6.45) is 65.5. The monoisotopic (exact) mass is 1400 g/mol. The van der Waals surface area contributed by atoms with Gasteiger partial charge in [-0.05, 0) is 103 Å². The molecule has 0 aromatic carbocycles. The molecule has 0 spiro atoms. The lowest BCUT2D eigenvalue weighted by Crippen LogP contribution is -2.30. The first-order chi connectivity index (χ1) is 46.7. The first-order valence-corrected chi connectivity index (χ1v) is 42.2. The van der Waals surface area contributed by atoms with Gasteiger partial charge >= 0.3 is 39.5 Å². The molecule has 0 aromatic heterocycles. The quantitative estimate of drug-likeness (QED) is 0.0169. The number of esters is 4. The van der Waals surface area contributed by atoms with E-state index in [0.717, 1.165) is 141 Å². The molecule has 3 N–H and O–H groups in total. The summed E-state index contributed by atoms with van der Waals surface area (Å²) in [5.41, 5.74) is 0. The predicted molar refractivity (Wildman–Crippen MR) is 391 cm³/mol. The Hall–Kier alpha value is -2.72. The van der Waals surface area contributed by atoms with Crippen LogP contribution in [0.25, 0.3) is 0 Å². The molecule has 5 atom stereocenters. The van der Waals surface area contributed by atoms with Gasteiger partial charge in [0.25, 0.3) is 0 Å². The van der Waals surface area contributed by atoms with Gasteiger partial charge in [0.15, 0.2) is 12.2 Å². The van der Waals surface area contributed by atoms with Crippen LogP contribution in [0.5, 0.6) is 0 Å². The summed E-state index contributed by atoms with van der Waals surface area (Å²) in [4.78, 5) is 72.8. The van der Waals surface area contributed by atoms with Gasteiger partial charge in [-0.2, -0.15) is 0 Å². The smallest absolute Gasteiger partial charge is 0.462 e. The van der Waals surface area contributed by atoms with Gasteiger partial charge in [-0.25, -0.2) is 9.13 Å². The van der Waals surface area contributed by atoms with Gasteiger partial charge in [-0.15, -0.1) is 0 Å². The number of unbranched alkanes of at least 4 members (excludes halogenated alkanes) is 43. The maximum absolute atomic E-state index is 13.1. The fraction of sp³-hybridized carbons (Fsp3) is 0.870. The summed E-state index contributed by atoms with van der Waals surface area (Å²) in [5.74, 6) is -2.16. The molecule has 0 aliphatic rings. The van der Waals surface area contributed by atoms with Crippen LogP contribution in [0.3, 0.4) is 0 Å². The van der Waals surface area contributed by atoms with Gasteiger partial charge in [0.2, 0.25) is 0 Å². The van der Waals surface area contributed by atoms with Crippen molar-refractivity contribution in [1.29, 1.82) is 0 Å². The van der Waals surface area contributed by atoms with Crippen molar-refractivity contribution >= 4 is 39.5 Å². The largest absolute Gasteiger partial charge is 0.472 e. The van der Waals surface area contributed by atoms with E-state index in [9.17, 15) is 43.2 Å². The highest BCUT2D eigenvalue weighted by Gasteiger charge is 2.30. The fourth-order valence-electron chi connectivity index (χ4n) is 11.0. The summed E-state index contributed by atoms with van der Waals surface area (Å²) < 4.78 is 68.5. The predicted octanol–water partition coefficient (Wildman–Crippen LogP) is 22.3. The summed E-state index contributed by atoms with van der Waals surface area (Å²) in [7, 11) is -9.93. The molecule has 0 radical (unpaired) electrons. The molecule has 17 nitrogen and oxygen atoms in total. The Morgan fingerprint density at radius 2 is 0.479 bits per heavy atom. The molecule has 0 heterocycles. The van der Waals surface area contributed by atoms with E-state index in [1.807, 2.05) is 0 Å². The van der Waals surface area contributed by atoms with E-state index in [4.69, 9.17) is 37.0 Å². The molecule has 0 amide bonds. The number of carbonyl (C=O) groups excluding carboxylic acids is 4. The van der Waals surface area contributed by atoms with E-state index in [1.54, 1.807) is 0 Å². The Labute approximate surface area is 585 Å². The van der Waals surface area contributed by atoms with Crippen molar-refractivity contribution in [1.82, 2.24) is 0 Å². The minimum absolute atomic E-state index is 0.0893. The second kappa shape index (κ2) is 70.7. The third-order valence-corrected chi connectivity index (χ3v) is 19.0. The Balaban J connectivity index is 5.31. The van der Waals surface area contributed by atoms with Gasteiger partial charge in [0, 0.05) is 25.7 Å². The van der Waals surface area contributed by atoms with E-state index >= 15 is 0 Å². The third kappa shape index (κ3) is 69.7. The van der Waals surface area contributed by atoms with Crippen LogP contribution in [-0.2, 0) is 65.4 Å². The molecule has 0 aliphatic carbocycles. The van der Waals surface area contributed by atoms with Gasteiger partial charge < -0.3 is 33.8 Å². The molecular weight excluding hydrogens is 1260 g/mol. The van der Waals surface area contributed by atoms with E-state index in [-0.39, 0.29) is 25.7 Å². The second-order valence-corrected chi connectivity index (χ2v) is 29.6. The average Bonchev–Trinajstić information content (AvgIpc) is 1.36. The zero-order valence-corrected chi connectivity index (χ0v) is 63.4. The highest BCUT2D eigenvalue weighted by molar-refractivity contribution is 7.47. The molecular formula is C77H144O17P2. The Morgan fingerprint density at radius 1 is 0.281 bits per heavy atom. The highest BCUT2D eigenvalue weighted by atomic mass is 31.2. The Kier molecular flexibility index (Phi) is 68.7. The molecule has 0 rings (SSSR count). The number of hydrogen-bond acceptors (Lipinski definition) is 15. The van der Waals surface area contributed by atoms with Crippen molar-refractivity contribution in [3.63, 3.8) is 0 Å². The van der Waals surface area contributed by atoms with Crippen LogP contribution >= 0.6 is 15.6 Å². The van der Waals surface area contributed by atoms with Crippen LogP contribution in [0, 0.1) is 0 Å². The van der Waals surface area contributed by atoms with Gasteiger partial charge in [0.1, 0.15) is 19.3 Å². The van der Waals surface area contributed by atoms with Crippen LogP contribution in [0.15, 0.2) is 36.5 Å². The maximum Gasteiger partial charge on any atom is 0.472 e. The number of allylic oxidation sites excluding steroid dienone is 6. The normalized spacial score (nSPS) is 14.1. The molecule has 19 heteroatoms. The molecule has 0 bridgehead atoms. The lowest BCUT2D eigenvalue weighted by molar-refractivity contribution is -0.161. The van der Waals surface area contributed by atoms with Crippen molar-refractivity contribution in [2.45, 2.75) is 393 Å². The lowest BCUT2D eigenvalue weighted by atomic mass is 10.0. The number of ether oxygens (including phenoxy) is 4. The van der Waals surface area contributed by atoms with Crippen molar-refractivity contribution in [2.24, 2.45) is 0 Å². The van der Waals surface area contributed by atoms with Crippen molar-refractivity contribution in [3.8, 4) is 0 Å². The highest BCUT2D eigenvalue weighted by Crippen LogP contribution is 2.45. The van der Waals surface area contributed by atoms with E-state index in [0.29, 0.717) is 25.7 Å². The molecule has 96 heavy (non-hydrogen) atoms. The van der Waals surface area contributed by atoms with Crippen LogP contribution in [0.1, 0.15) is 374 Å². The number of aliphatic hydroxyl groups excluding tert-OH is 1. The maximum atomic E-state index is 13.1. The number of rotatable bonds is 75. The van der Waals surface area contributed by atoms with Crippen LogP contribution in [0.4, 0.5) is 0 Å². The zero-order chi connectivity index (χ0) is 70.4. The number of phosphoric acid groups is 2. The summed E-state index contributed by atoms with van der Waals surface area (Å²) in [5, 5.41) is 10.6. The molecule has 0 saturated carbocycles. The molecule has 0 aliphatic heterocycles. The number of carbonyl (C=O) groups is 4. The topological polar surface area (TPSA) is 237 Å². The molecule has 0 fully saturated rings. The van der Waals surface area contributed by atoms with E-state index in [1.165, 1.54) is 154 Å². The second-order valence-electron chi connectivity index (χ2n) is 26.7. The van der Waals surface area contributed by atoms with Gasteiger partial charge in [-0.3, -0.25) is 37.3 Å². The fourth-order valence-corrected chi connectivity index (χ4v) is 12.6. The van der Waals surface area contributed by atoms with E-state index in [2.05, 4.69) is 64.2 Å². The van der Waals surface area contributed by atoms with Crippen molar-refractivity contribution < 1.29 is 80.2 Å². The first kappa shape index (κ1) is 93.3. The standard InChI is InChI=1S/C77H144O17P2/c1-5-9-13-17-21-25-29-33-35-39-42-46-50-54-58-62-75(80)88-68-73(94-77(82)64-60-56-52-48-44-40-36-34-30-26-22-18-14-10-6-2)70-92-96(85,86)90-66-71(78)65-89-95(83,84)91-69-72(93-76(81)63-59-55-51-47-43-38-32-28-24-20-16-12-8-4)67-87-74(79)61-57-53-49-45-41-37-31-27-23-19-15-11-7-3/h25,27-29,31-32,71-73,78H,5-24,26,30,33-70H2,1-4H3,(H,83,84)(H,85,86)/b29-25-,31-27-,32-28-/t71-,72+,73+/m0/s1. The Morgan fingerprint density at radius 3 is 0.729 bits per heavy atom. The zero-order valence-electron chi connectivity index (χ0n) is 61.6. The first-order valence-electron chi connectivity index (χ1n) is 39.2. The Bertz CT molecular complexity index is 1970. The number of phosphoric ester groups is 2. The summed E-state index contributed by atoms with van der Waals surface area (Å²) in [6.45, 7) is 4.89. The summed E-state index contributed by atoms with van der Waals surface area (Å²) >= 11 is 0. The SMILES string of the molecule is CCCCCC/C=C\CCCCCCCCCC(=O)OC[C@H](COP(=O)(O)OC[C@@H](O)COP(=O)(O)OC[C@@H](COC(=O)CCCCCCC/C=C\CCCCCC)OC(=O)CCCCCCC/C=C\CCCCCC)OC(=O)CCCCCCCCCCCCCCCCC. The molecule has 0 aromatic rings. The lowest BCUT2D eigenvalue weighted by Gasteiger charge is -2.21. The minimum atomic E-state index is -4.97. The number of hydrogen-bond donors (Lipinski definition) is 3. The van der Waals surface area contributed by atoms with Gasteiger partial charge in [-0.1, -0.05) is 282 Å². The van der Waals surface area contributed by atoms with Crippen LogP contribution < -0.4 is 0 Å². The molecule has 0 saturated heterocycles. The molecule has 2 unspecified atom stereocenters. The number of aliphatic hydroxyl groups is 1. The minimum Gasteiger partial charge on any atom is -0.462 e. The third-order valence-electron chi connectivity index (χ3n) is 17.1. The molecule has 564 valence electrons. The van der Waals surface area contributed by atoms with Crippen molar-refractivity contribution in [3.05, 3.63) is 36.5 Å². The van der Waals surface area contributed by atoms with Crippen molar-refractivity contribution in [2.75, 3.05) is 39.6 Å².